The van der Waals surface area contributed by atoms with E-state index in [4.69, 9.17) is 27.9 Å². The van der Waals surface area contributed by atoms with Gasteiger partial charge in [-0.2, -0.15) is 0 Å². The number of hydrogen-bond donors (Lipinski definition) is 1. The Kier molecular flexibility index (Phi) is 4.33. The highest BCUT2D eigenvalue weighted by Crippen LogP contribution is 2.47. The molecule has 0 bridgehead atoms. The topological polar surface area (TPSA) is 55.4 Å². The molecular weight excluding hydrogens is 385 g/mol. The Balaban J connectivity index is 1.97. The van der Waals surface area contributed by atoms with Crippen LogP contribution in [0.5, 0.6) is 0 Å². The third-order valence-corrected chi connectivity index (χ3v) is 5.67. The van der Waals surface area contributed by atoms with Crippen LogP contribution in [0.1, 0.15) is 34.3 Å². The number of allylic oxidation sites excluding steroid dienone is 2. The van der Waals surface area contributed by atoms with Crippen molar-refractivity contribution in [3.63, 3.8) is 0 Å². The molecule has 2 aromatic carbocycles. The molecule has 1 aliphatic carbocycles. The smallest absolute Gasteiger partial charge is 0.336 e. The maximum absolute atomic E-state index is 13.2. The molecule has 0 fully saturated rings. The van der Waals surface area contributed by atoms with Gasteiger partial charge in [-0.05, 0) is 24.6 Å². The quantitative estimate of drug-likeness (QED) is 0.741. The van der Waals surface area contributed by atoms with Crippen LogP contribution in [0.3, 0.4) is 0 Å². The molecule has 1 aliphatic heterocycles. The number of ketones is 1. The van der Waals surface area contributed by atoms with E-state index in [2.05, 4.69) is 5.32 Å². The minimum Gasteiger partial charge on any atom is -0.466 e. The molecule has 0 radical (unpaired) electrons. The van der Waals surface area contributed by atoms with Crippen molar-refractivity contribution in [3.8, 4) is 0 Å². The van der Waals surface area contributed by atoms with Crippen LogP contribution in [-0.2, 0) is 9.53 Å². The van der Waals surface area contributed by atoms with Crippen molar-refractivity contribution in [3.05, 3.63) is 86.0 Å². The summed E-state index contributed by atoms with van der Waals surface area (Å²) in [5.74, 6) is -1.20. The molecule has 0 spiro atoms. The van der Waals surface area contributed by atoms with Crippen LogP contribution in [0.4, 0.5) is 0 Å². The van der Waals surface area contributed by atoms with Gasteiger partial charge in [0.05, 0.1) is 28.4 Å². The maximum Gasteiger partial charge on any atom is 0.336 e. The fraction of sp³-hybridized carbons (Fsp3) is 0.143. The number of dihydropyridines is 1. The summed E-state index contributed by atoms with van der Waals surface area (Å²) in [6.07, 6.45) is 0. The van der Waals surface area contributed by atoms with Gasteiger partial charge in [-0.3, -0.25) is 4.79 Å². The molecule has 1 N–H and O–H groups in total. The van der Waals surface area contributed by atoms with Crippen LogP contribution in [-0.4, -0.2) is 18.9 Å². The van der Waals surface area contributed by atoms with E-state index in [1.165, 1.54) is 7.11 Å². The summed E-state index contributed by atoms with van der Waals surface area (Å²) in [5, 5.41) is 4.00. The van der Waals surface area contributed by atoms with Crippen LogP contribution >= 0.6 is 23.2 Å². The molecule has 4 rings (SSSR count). The summed E-state index contributed by atoms with van der Waals surface area (Å²) < 4.78 is 5.00. The van der Waals surface area contributed by atoms with Crippen molar-refractivity contribution in [2.45, 2.75) is 12.8 Å². The first kappa shape index (κ1) is 17.8. The van der Waals surface area contributed by atoms with Crippen LogP contribution in [0.25, 0.3) is 5.70 Å². The lowest BCUT2D eigenvalue weighted by atomic mass is 9.80. The number of carbonyl (C=O) groups excluding carboxylic acids is 2. The van der Waals surface area contributed by atoms with E-state index in [1.54, 1.807) is 31.2 Å². The number of esters is 1. The summed E-state index contributed by atoms with van der Waals surface area (Å²) in [6, 6.07) is 12.5. The van der Waals surface area contributed by atoms with E-state index < -0.39 is 11.9 Å². The highest BCUT2D eigenvalue weighted by molar-refractivity contribution is 6.42. The molecular formula is C21H15Cl2NO3. The van der Waals surface area contributed by atoms with Gasteiger partial charge in [0.25, 0.3) is 0 Å². The predicted molar refractivity (Wildman–Crippen MR) is 105 cm³/mol. The number of carbonyl (C=O) groups is 2. The zero-order valence-electron chi connectivity index (χ0n) is 14.6. The molecule has 27 heavy (non-hydrogen) atoms. The average Bonchev–Trinajstić information content (AvgIpc) is 2.95. The monoisotopic (exact) mass is 399 g/mol. The number of hydrogen-bond acceptors (Lipinski definition) is 4. The molecule has 136 valence electrons. The van der Waals surface area contributed by atoms with Crippen molar-refractivity contribution in [1.29, 1.82) is 0 Å². The highest BCUT2D eigenvalue weighted by Gasteiger charge is 2.42. The Morgan fingerprint density at radius 3 is 2.44 bits per heavy atom. The fourth-order valence-corrected chi connectivity index (χ4v) is 4.04. The van der Waals surface area contributed by atoms with E-state index in [0.717, 1.165) is 11.3 Å². The molecule has 0 amide bonds. The van der Waals surface area contributed by atoms with Crippen LogP contribution in [0.2, 0.25) is 10.0 Å². The first-order chi connectivity index (χ1) is 12.9. The van der Waals surface area contributed by atoms with E-state index in [9.17, 15) is 9.59 Å². The van der Waals surface area contributed by atoms with Crippen molar-refractivity contribution in [2.24, 2.45) is 0 Å². The number of nitrogens with one attached hydrogen (secondary N) is 1. The Morgan fingerprint density at radius 2 is 1.78 bits per heavy atom. The molecule has 0 saturated heterocycles. The molecule has 1 heterocycles. The zero-order valence-corrected chi connectivity index (χ0v) is 16.1. The van der Waals surface area contributed by atoms with Crippen molar-refractivity contribution >= 4 is 40.7 Å². The van der Waals surface area contributed by atoms with Gasteiger partial charge in [0.15, 0.2) is 5.78 Å². The Morgan fingerprint density at radius 1 is 1.07 bits per heavy atom. The van der Waals surface area contributed by atoms with Gasteiger partial charge in [0, 0.05) is 28.3 Å². The summed E-state index contributed by atoms with van der Waals surface area (Å²) in [6.45, 7) is 1.80. The van der Waals surface area contributed by atoms with Crippen molar-refractivity contribution in [2.75, 3.05) is 7.11 Å². The number of halogens is 2. The summed E-state index contributed by atoms with van der Waals surface area (Å²) in [5.41, 5.74) is 4.40. The molecule has 4 nitrogen and oxygen atoms in total. The van der Waals surface area contributed by atoms with Gasteiger partial charge in [-0.15, -0.1) is 0 Å². The Labute approximate surface area is 166 Å². The van der Waals surface area contributed by atoms with Crippen LogP contribution < -0.4 is 5.32 Å². The van der Waals surface area contributed by atoms with E-state index in [0.29, 0.717) is 38.0 Å². The number of ether oxygens (including phenoxy) is 1. The predicted octanol–water partition coefficient (Wildman–Crippen LogP) is 4.73. The third kappa shape index (κ3) is 2.68. The van der Waals surface area contributed by atoms with E-state index in [-0.39, 0.29) is 5.78 Å². The lowest BCUT2D eigenvalue weighted by molar-refractivity contribution is -0.136. The normalized spacial score (nSPS) is 18.2. The van der Waals surface area contributed by atoms with Gasteiger partial charge in [0.1, 0.15) is 0 Å². The molecule has 0 aromatic heterocycles. The van der Waals surface area contributed by atoms with E-state index in [1.807, 2.05) is 18.2 Å². The molecule has 0 unspecified atom stereocenters. The Hall–Kier alpha value is -2.56. The van der Waals surface area contributed by atoms with Crippen molar-refractivity contribution in [1.82, 2.24) is 5.32 Å². The zero-order chi connectivity index (χ0) is 19.3. The van der Waals surface area contributed by atoms with Gasteiger partial charge >= 0.3 is 5.97 Å². The summed E-state index contributed by atoms with van der Waals surface area (Å²) >= 11 is 12.3. The average molecular weight is 400 g/mol. The molecule has 2 aromatic rings. The highest BCUT2D eigenvalue weighted by atomic mass is 35.5. The molecule has 2 aliphatic rings. The second kappa shape index (κ2) is 6.55. The molecule has 6 heteroatoms. The SMILES string of the molecule is COC(=O)C1=C(C)NC2=C(C(=O)c3ccccc32)[C@H]1c1ccc(Cl)c(Cl)c1. The second-order valence-electron chi connectivity index (χ2n) is 6.43. The van der Waals surface area contributed by atoms with Gasteiger partial charge in [-0.25, -0.2) is 4.79 Å². The number of rotatable bonds is 2. The lowest BCUT2D eigenvalue weighted by Gasteiger charge is -2.29. The van der Waals surface area contributed by atoms with Gasteiger partial charge in [0.2, 0.25) is 0 Å². The second-order valence-corrected chi connectivity index (χ2v) is 7.24. The number of fused-ring (bicyclic) bond motifs is 2. The minimum atomic E-state index is -0.594. The number of Topliss-reactive ketones (excluding diaryl/α,β-unsaturated/α-hetero) is 1. The fourth-order valence-electron chi connectivity index (χ4n) is 3.73. The lowest BCUT2D eigenvalue weighted by Crippen LogP contribution is -2.29. The number of benzene rings is 2. The third-order valence-electron chi connectivity index (χ3n) is 4.93. The minimum absolute atomic E-state index is 0.113. The van der Waals surface area contributed by atoms with Crippen LogP contribution in [0.15, 0.2) is 59.3 Å². The van der Waals surface area contributed by atoms with Gasteiger partial charge < -0.3 is 10.1 Å². The number of methoxy groups -OCH3 is 1. The standard InChI is InChI=1S/C21H15Cl2NO3/c1-10-16(21(26)27-2)17(11-7-8-14(22)15(23)9-11)18-19(24-10)12-5-3-4-6-13(12)20(18)25/h3-9,17,24H,1-2H3/t17-/m0/s1. The van der Waals surface area contributed by atoms with Gasteiger partial charge in [-0.1, -0.05) is 53.5 Å². The molecule has 1 atom stereocenters. The largest absolute Gasteiger partial charge is 0.466 e. The first-order valence-corrected chi connectivity index (χ1v) is 9.09. The first-order valence-electron chi connectivity index (χ1n) is 8.33. The summed E-state index contributed by atoms with van der Waals surface area (Å²) in [7, 11) is 1.32. The Bertz CT molecular complexity index is 1070. The maximum atomic E-state index is 13.2. The van der Waals surface area contributed by atoms with Crippen molar-refractivity contribution < 1.29 is 14.3 Å². The summed E-state index contributed by atoms with van der Waals surface area (Å²) in [4.78, 5) is 25.8. The molecule has 0 saturated carbocycles. The van der Waals surface area contributed by atoms with E-state index >= 15 is 0 Å². The van der Waals surface area contributed by atoms with Crippen LogP contribution in [0, 0.1) is 0 Å².